The van der Waals surface area contributed by atoms with Crippen LogP contribution in [0.4, 0.5) is 0 Å². The van der Waals surface area contributed by atoms with E-state index in [0.29, 0.717) is 36.8 Å². The fourth-order valence-electron chi connectivity index (χ4n) is 3.39. The number of imidazole rings is 1. The highest BCUT2D eigenvalue weighted by molar-refractivity contribution is 5.96. The number of carboxylic acids is 1. The fourth-order valence-corrected chi connectivity index (χ4v) is 3.39. The van der Waals surface area contributed by atoms with Crippen LogP contribution in [-0.4, -0.2) is 69.1 Å². The Labute approximate surface area is 149 Å². The number of morpholine rings is 1. The molecule has 2 aromatic rings. The molecule has 0 aromatic carbocycles. The molecule has 9 nitrogen and oxygen atoms in total. The number of carbonyl (C=O) groups excluding carboxylic acids is 1. The van der Waals surface area contributed by atoms with E-state index >= 15 is 0 Å². The van der Waals surface area contributed by atoms with Crippen LogP contribution in [0.5, 0.6) is 0 Å². The van der Waals surface area contributed by atoms with Crippen LogP contribution in [-0.2, 0) is 29.0 Å². The Bertz CT molecular complexity index is 808. The molecule has 2 N–H and O–H groups in total. The predicted octanol–water partition coefficient (Wildman–Crippen LogP) is 0.487. The Morgan fingerprint density at radius 3 is 2.92 bits per heavy atom. The highest BCUT2D eigenvalue weighted by atomic mass is 16.5. The predicted molar refractivity (Wildman–Crippen MR) is 88.4 cm³/mol. The van der Waals surface area contributed by atoms with Gasteiger partial charge in [0.15, 0.2) is 0 Å². The summed E-state index contributed by atoms with van der Waals surface area (Å²) in [6.07, 6.45) is 3.12. The first-order valence-corrected chi connectivity index (χ1v) is 8.54. The van der Waals surface area contributed by atoms with E-state index in [1.165, 1.54) is 17.5 Å². The molecule has 26 heavy (non-hydrogen) atoms. The van der Waals surface area contributed by atoms with Crippen LogP contribution in [0.2, 0.25) is 0 Å². The monoisotopic (exact) mass is 360 g/mol. The molecular formula is C17H20N4O5. The number of aromatic nitrogens is 2. The molecule has 0 saturated carbocycles. The van der Waals surface area contributed by atoms with Gasteiger partial charge in [-0.15, -0.1) is 0 Å². The zero-order valence-electron chi connectivity index (χ0n) is 14.2. The molecule has 0 radical (unpaired) electrons. The van der Waals surface area contributed by atoms with Crippen LogP contribution in [0.1, 0.15) is 27.5 Å². The van der Waals surface area contributed by atoms with E-state index in [1.54, 1.807) is 6.07 Å². The fraction of sp³-hybridized carbons (Fsp3) is 0.471. The van der Waals surface area contributed by atoms with Gasteiger partial charge >= 0.3 is 5.97 Å². The SMILES string of the molecule is O=C(O)C1Cc2nc[nH]c2CN1C(=O)c1coc(CN2CCOCC2)c1. The van der Waals surface area contributed by atoms with Crippen molar-refractivity contribution in [2.45, 2.75) is 25.6 Å². The summed E-state index contributed by atoms with van der Waals surface area (Å²) in [6.45, 7) is 3.80. The van der Waals surface area contributed by atoms with E-state index in [0.717, 1.165) is 18.8 Å². The molecule has 4 rings (SSSR count). The van der Waals surface area contributed by atoms with Crippen LogP contribution >= 0.6 is 0 Å². The Balaban J connectivity index is 1.50. The highest BCUT2D eigenvalue weighted by Gasteiger charge is 2.36. The van der Waals surface area contributed by atoms with Crippen molar-refractivity contribution in [1.29, 1.82) is 0 Å². The van der Waals surface area contributed by atoms with Gasteiger partial charge in [0, 0.05) is 19.5 Å². The van der Waals surface area contributed by atoms with Gasteiger partial charge in [-0.1, -0.05) is 0 Å². The van der Waals surface area contributed by atoms with Crippen LogP contribution in [0.15, 0.2) is 23.1 Å². The summed E-state index contributed by atoms with van der Waals surface area (Å²) in [6, 6.07) is 0.759. The molecule has 0 aliphatic carbocycles. The number of rotatable bonds is 4. The lowest BCUT2D eigenvalue weighted by Crippen LogP contribution is -2.48. The smallest absolute Gasteiger partial charge is 0.326 e. The lowest BCUT2D eigenvalue weighted by atomic mass is 10.0. The van der Waals surface area contributed by atoms with Gasteiger partial charge < -0.3 is 24.1 Å². The van der Waals surface area contributed by atoms with Crippen molar-refractivity contribution in [2.75, 3.05) is 26.3 Å². The lowest BCUT2D eigenvalue weighted by molar-refractivity contribution is -0.142. The van der Waals surface area contributed by atoms with Crippen molar-refractivity contribution in [3.05, 3.63) is 41.4 Å². The summed E-state index contributed by atoms with van der Waals surface area (Å²) in [5, 5.41) is 9.52. The van der Waals surface area contributed by atoms with Crippen LogP contribution < -0.4 is 0 Å². The van der Waals surface area contributed by atoms with Crippen molar-refractivity contribution >= 4 is 11.9 Å². The van der Waals surface area contributed by atoms with Gasteiger partial charge in [0.25, 0.3) is 5.91 Å². The molecular weight excluding hydrogens is 340 g/mol. The van der Waals surface area contributed by atoms with Crippen molar-refractivity contribution in [3.63, 3.8) is 0 Å². The molecule has 138 valence electrons. The number of ether oxygens (including phenoxy) is 1. The Morgan fingerprint density at radius 1 is 1.35 bits per heavy atom. The van der Waals surface area contributed by atoms with Gasteiger partial charge in [-0.25, -0.2) is 9.78 Å². The number of fused-ring (bicyclic) bond motifs is 1. The van der Waals surface area contributed by atoms with E-state index in [2.05, 4.69) is 14.9 Å². The molecule has 1 fully saturated rings. The molecule has 1 atom stereocenters. The van der Waals surface area contributed by atoms with Gasteiger partial charge in [0.05, 0.1) is 49.6 Å². The van der Waals surface area contributed by atoms with E-state index in [1.807, 2.05) is 0 Å². The first-order valence-electron chi connectivity index (χ1n) is 8.54. The second kappa shape index (κ2) is 6.93. The quantitative estimate of drug-likeness (QED) is 0.816. The Kier molecular flexibility index (Phi) is 4.48. The number of amides is 1. The van der Waals surface area contributed by atoms with Crippen LogP contribution in [0, 0.1) is 0 Å². The zero-order chi connectivity index (χ0) is 18.1. The largest absolute Gasteiger partial charge is 0.480 e. The van der Waals surface area contributed by atoms with E-state index in [4.69, 9.17) is 9.15 Å². The van der Waals surface area contributed by atoms with Gasteiger partial charge in [-0.2, -0.15) is 0 Å². The van der Waals surface area contributed by atoms with Gasteiger partial charge in [0.1, 0.15) is 18.1 Å². The molecule has 0 bridgehead atoms. The second-order valence-corrected chi connectivity index (χ2v) is 6.51. The number of hydrogen-bond acceptors (Lipinski definition) is 6. The number of carboxylic acid groups (broad SMARTS) is 1. The average molecular weight is 360 g/mol. The number of nitrogens with one attached hydrogen (secondary N) is 1. The number of furan rings is 1. The third-order valence-corrected chi connectivity index (χ3v) is 4.83. The van der Waals surface area contributed by atoms with Crippen molar-refractivity contribution in [3.8, 4) is 0 Å². The maximum Gasteiger partial charge on any atom is 0.326 e. The number of aromatic amines is 1. The van der Waals surface area contributed by atoms with E-state index in [9.17, 15) is 14.7 Å². The maximum absolute atomic E-state index is 12.9. The maximum atomic E-state index is 12.9. The van der Waals surface area contributed by atoms with Gasteiger partial charge in [0.2, 0.25) is 0 Å². The number of H-pyrrole nitrogens is 1. The Morgan fingerprint density at radius 2 is 2.15 bits per heavy atom. The molecule has 0 spiro atoms. The number of hydrogen-bond donors (Lipinski definition) is 2. The molecule has 9 heteroatoms. The summed E-state index contributed by atoms with van der Waals surface area (Å²) in [4.78, 5) is 35.2. The first kappa shape index (κ1) is 16.8. The van der Waals surface area contributed by atoms with Crippen molar-refractivity contribution < 1.29 is 23.8 Å². The molecule has 1 amide bonds. The molecule has 4 heterocycles. The van der Waals surface area contributed by atoms with Gasteiger partial charge in [-0.05, 0) is 6.07 Å². The molecule has 1 saturated heterocycles. The summed E-state index contributed by atoms with van der Waals surface area (Å²) >= 11 is 0. The van der Waals surface area contributed by atoms with Crippen LogP contribution in [0.3, 0.4) is 0 Å². The summed E-state index contributed by atoms with van der Waals surface area (Å²) in [5.41, 5.74) is 1.83. The lowest BCUT2D eigenvalue weighted by Gasteiger charge is -2.32. The minimum Gasteiger partial charge on any atom is -0.480 e. The van der Waals surface area contributed by atoms with Gasteiger partial charge in [-0.3, -0.25) is 9.69 Å². The van der Waals surface area contributed by atoms with Crippen LogP contribution in [0.25, 0.3) is 0 Å². The standard InChI is InChI=1S/C17H20N4O5/c22-16(11-5-12(26-9-11)7-20-1-3-25-4-2-20)21-8-14-13(18-10-19-14)6-15(21)17(23)24/h5,9-10,15H,1-4,6-8H2,(H,18,19)(H,23,24). The number of carbonyl (C=O) groups is 2. The summed E-state index contributed by atoms with van der Waals surface area (Å²) in [7, 11) is 0. The Hall–Kier alpha value is -2.65. The number of aliphatic carboxylic acids is 1. The topological polar surface area (TPSA) is 112 Å². The normalized spacial score (nSPS) is 20.8. The third kappa shape index (κ3) is 3.23. The molecule has 2 aliphatic rings. The third-order valence-electron chi connectivity index (χ3n) is 4.83. The zero-order valence-corrected chi connectivity index (χ0v) is 14.2. The second-order valence-electron chi connectivity index (χ2n) is 6.51. The minimum absolute atomic E-state index is 0.190. The first-order chi connectivity index (χ1) is 12.6. The summed E-state index contributed by atoms with van der Waals surface area (Å²) in [5.74, 6) is -0.708. The minimum atomic E-state index is -1.04. The molecule has 2 aromatic heterocycles. The van der Waals surface area contributed by atoms with Crippen molar-refractivity contribution in [2.24, 2.45) is 0 Å². The van der Waals surface area contributed by atoms with E-state index < -0.39 is 12.0 Å². The van der Waals surface area contributed by atoms with Crippen molar-refractivity contribution in [1.82, 2.24) is 19.8 Å². The average Bonchev–Trinajstić information content (AvgIpc) is 3.29. The van der Waals surface area contributed by atoms with E-state index in [-0.39, 0.29) is 18.9 Å². The molecule has 2 aliphatic heterocycles. The summed E-state index contributed by atoms with van der Waals surface area (Å²) < 4.78 is 10.9. The number of nitrogens with zero attached hydrogens (tertiary/aromatic N) is 3. The molecule has 1 unspecified atom stereocenters. The highest BCUT2D eigenvalue weighted by Crippen LogP contribution is 2.24.